The fraction of sp³-hybridized carbons (Fsp3) is 0. The molecule has 5 heteroatoms. The van der Waals surface area contributed by atoms with Crippen LogP contribution in [0.4, 0.5) is 5.69 Å². The van der Waals surface area contributed by atoms with Crippen LogP contribution in [-0.4, -0.2) is 22.3 Å². The molecular weight excluding hydrogens is 278 g/mol. The summed E-state index contributed by atoms with van der Waals surface area (Å²) in [5.74, 6) is -0.945. The van der Waals surface area contributed by atoms with Crippen molar-refractivity contribution in [3.63, 3.8) is 0 Å². The highest BCUT2D eigenvalue weighted by molar-refractivity contribution is 5.89. The number of pyridine rings is 1. The van der Waals surface area contributed by atoms with Crippen molar-refractivity contribution in [3.8, 4) is 0 Å². The van der Waals surface area contributed by atoms with Gasteiger partial charge in [0.1, 0.15) is 0 Å². The molecule has 2 N–H and O–H groups in total. The standard InChI is InChI=1S/C17H13N3O2/c21-17(22)13-4-6-15(7-5-13)20-19-11-12-3-8-16-14(10-12)2-1-9-18-16/h1-11,20H,(H,21,22)/b19-11-. The lowest BCUT2D eigenvalue weighted by Crippen LogP contribution is -1.96. The van der Waals surface area contributed by atoms with Gasteiger partial charge >= 0.3 is 5.97 Å². The van der Waals surface area contributed by atoms with Crippen LogP contribution >= 0.6 is 0 Å². The Morgan fingerprint density at radius 3 is 2.73 bits per heavy atom. The largest absolute Gasteiger partial charge is 0.478 e. The number of hydrazone groups is 1. The second kappa shape index (κ2) is 6.05. The zero-order valence-corrected chi connectivity index (χ0v) is 11.6. The number of rotatable bonds is 4. The van der Waals surface area contributed by atoms with Gasteiger partial charge in [-0.25, -0.2) is 4.79 Å². The van der Waals surface area contributed by atoms with Crippen LogP contribution in [0.15, 0.2) is 65.9 Å². The van der Waals surface area contributed by atoms with Crippen LogP contribution in [-0.2, 0) is 0 Å². The summed E-state index contributed by atoms with van der Waals surface area (Å²) in [6.07, 6.45) is 3.47. The van der Waals surface area contributed by atoms with Gasteiger partial charge in [-0.15, -0.1) is 0 Å². The van der Waals surface area contributed by atoms with E-state index in [1.165, 1.54) is 12.1 Å². The van der Waals surface area contributed by atoms with Crippen LogP contribution in [0, 0.1) is 0 Å². The monoisotopic (exact) mass is 291 g/mol. The van der Waals surface area contributed by atoms with Crippen molar-refractivity contribution in [3.05, 3.63) is 71.9 Å². The first-order valence-electron chi connectivity index (χ1n) is 6.69. The summed E-state index contributed by atoms with van der Waals surface area (Å²) in [5, 5.41) is 14.0. The number of nitrogens with zero attached hydrogens (tertiary/aromatic N) is 2. The highest BCUT2D eigenvalue weighted by Crippen LogP contribution is 2.13. The van der Waals surface area contributed by atoms with Gasteiger partial charge in [-0.3, -0.25) is 10.4 Å². The van der Waals surface area contributed by atoms with Crippen molar-refractivity contribution >= 4 is 28.8 Å². The van der Waals surface area contributed by atoms with Gasteiger partial charge in [0.05, 0.1) is 23.0 Å². The van der Waals surface area contributed by atoms with Crippen LogP contribution in [0.25, 0.3) is 10.9 Å². The minimum Gasteiger partial charge on any atom is -0.478 e. The van der Waals surface area contributed by atoms with Gasteiger partial charge in [0.15, 0.2) is 0 Å². The number of benzene rings is 2. The predicted octanol–water partition coefficient (Wildman–Crippen LogP) is 3.38. The summed E-state index contributed by atoms with van der Waals surface area (Å²) in [7, 11) is 0. The average molecular weight is 291 g/mol. The van der Waals surface area contributed by atoms with Crippen LogP contribution in [0.5, 0.6) is 0 Å². The second-order valence-corrected chi connectivity index (χ2v) is 4.71. The number of fused-ring (bicyclic) bond motifs is 1. The first kappa shape index (κ1) is 13.8. The molecule has 1 aromatic heterocycles. The van der Waals surface area contributed by atoms with Crippen molar-refractivity contribution in [2.75, 3.05) is 5.43 Å². The van der Waals surface area contributed by atoms with E-state index in [1.54, 1.807) is 24.5 Å². The molecule has 0 unspecified atom stereocenters. The van der Waals surface area contributed by atoms with Crippen molar-refractivity contribution in [2.24, 2.45) is 5.10 Å². The number of carboxylic acids is 1. The van der Waals surface area contributed by atoms with E-state index in [0.29, 0.717) is 0 Å². The number of hydrogen-bond acceptors (Lipinski definition) is 4. The second-order valence-electron chi connectivity index (χ2n) is 4.71. The smallest absolute Gasteiger partial charge is 0.335 e. The summed E-state index contributed by atoms with van der Waals surface area (Å²) in [6.45, 7) is 0. The zero-order valence-electron chi connectivity index (χ0n) is 11.6. The van der Waals surface area contributed by atoms with Gasteiger partial charge in [0.25, 0.3) is 0 Å². The lowest BCUT2D eigenvalue weighted by atomic mass is 10.1. The minimum absolute atomic E-state index is 0.247. The molecule has 5 nitrogen and oxygen atoms in total. The lowest BCUT2D eigenvalue weighted by molar-refractivity contribution is 0.0697. The third-order valence-corrected chi connectivity index (χ3v) is 3.17. The van der Waals surface area contributed by atoms with Gasteiger partial charge in [0, 0.05) is 11.6 Å². The van der Waals surface area contributed by atoms with Crippen molar-refractivity contribution in [1.82, 2.24) is 4.98 Å². The van der Waals surface area contributed by atoms with E-state index in [4.69, 9.17) is 5.11 Å². The van der Waals surface area contributed by atoms with E-state index in [1.807, 2.05) is 30.3 Å². The highest BCUT2D eigenvalue weighted by Gasteiger charge is 2.00. The maximum atomic E-state index is 10.8. The maximum Gasteiger partial charge on any atom is 0.335 e. The molecule has 0 fully saturated rings. The Hall–Kier alpha value is -3.21. The van der Waals surface area contributed by atoms with Crippen LogP contribution < -0.4 is 5.43 Å². The van der Waals surface area contributed by atoms with Gasteiger partial charge in [-0.05, 0) is 48.0 Å². The van der Waals surface area contributed by atoms with Gasteiger partial charge < -0.3 is 5.11 Å². The highest BCUT2D eigenvalue weighted by atomic mass is 16.4. The Balaban J connectivity index is 1.71. The van der Waals surface area contributed by atoms with Gasteiger partial charge in [-0.1, -0.05) is 12.1 Å². The summed E-state index contributed by atoms with van der Waals surface area (Å²) in [6, 6.07) is 16.2. The van der Waals surface area contributed by atoms with Gasteiger partial charge in [-0.2, -0.15) is 5.10 Å². The Labute approximate surface area is 126 Å². The van der Waals surface area contributed by atoms with E-state index < -0.39 is 5.97 Å². The third-order valence-electron chi connectivity index (χ3n) is 3.17. The van der Waals surface area contributed by atoms with Crippen LogP contribution in [0.1, 0.15) is 15.9 Å². The molecule has 0 spiro atoms. The first-order valence-corrected chi connectivity index (χ1v) is 6.69. The minimum atomic E-state index is -0.945. The summed E-state index contributed by atoms with van der Waals surface area (Å²) >= 11 is 0. The quantitative estimate of drug-likeness (QED) is 0.571. The maximum absolute atomic E-state index is 10.8. The molecule has 0 bridgehead atoms. The van der Waals surface area contributed by atoms with Crippen molar-refractivity contribution < 1.29 is 9.90 Å². The van der Waals surface area contributed by atoms with E-state index >= 15 is 0 Å². The molecule has 0 atom stereocenters. The molecule has 0 aliphatic rings. The number of carbonyl (C=O) groups is 1. The molecule has 0 radical (unpaired) electrons. The van der Waals surface area contributed by atoms with E-state index in [9.17, 15) is 4.79 Å². The Bertz CT molecular complexity index is 842. The van der Waals surface area contributed by atoms with Crippen molar-refractivity contribution in [2.45, 2.75) is 0 Å². The summed E-state index contributed by atoms with van der Waals surface area (Å²) in [5.41, 5.74) is 5.74. The first-order chi connectivity index (χ1) is 10.7. The topological polar surface area (TPSA) is 74.6 Å². The predicted molar refractivity (Wildman–Crippen MR) is 86.4 cm³/mol. The molecule has 0 saturated carbocycles. The Morgan fingerprint density at radius 2 is 1.95 bits per heavy atom. The fourth-order valence-electron chi connectivity index (χ4n) is 2.04. The van der Waals surface area contributed by atoms with E-state index in [-0.39, 0.29) is 5.56 Å². The molecule has 2 aromatic carbocycles. The Kier molecular flexibility index (Phi) is 3.78. The van der Waals surface area contributed by atoms with E-state index in [2.05, 4.69) is 15.5 Å². The molecule has 0 aliphatic carbocycles. The number of anilines is 1. The molecule has 108 valence electrons. The normalized spacial score (nSPS) is 10.9. The SMILES string of the molecule is O=C(O)c1ccc(N/N=C\c2ccc3ncccc3c2)cc1. The van der Waals surface area contributed by atoms with E-state index in [0.717, 1.165) is 22.2 Å². The van der Waals surface area contributed by atoms with Crippen molar-refractivity contribution in [1.29, 1.82) is 0 Å². The molecular formula is C17H13N3O2. The number of carboxylic acid groups (broad SMARTS) is 1. The lowest BCUT2D eigenvalue weighted by Gasteiger charge is -2.01. The number of aromatic nitrogens is 1. The Morgan fingerprint density at radius 1 is 1.14 bits per heavy atom. The number of nitrogens with one attached hydrogen (secondary N) is 1. The van der Waals surface area contributed by atoms with Gasteiger partial charge in [0.2, 0.25) is 0 Å². The van der Waals surface area contributed by atoms with Crippen LogP contribution in [0.3, 0.4) is 0 Å². The summed E-state index contributed by atoms with van der Waals surface area (Å²) < 4.78 is 0. The molecule has 1 heterocycles. The summed E-state index contributed by atoms with van der Waals surface area (Å²) in [4.78, 5) is 15.0. The molecule has 0 aliphatic heterocycles. The molecule has 3 aromatic rings. The van der Waals surface area contributed by atoms with Crippen LogP contribution in [0.2, 0.25) is 0 Å². The molecule has 22 heavy (non-hydrogen) atoms. The number of hydrogen-bond donors (Lipinski definition) is 2. The molecule has 3 rings (SSSR count). The fourth-order valence-corrected chi connectivity index (χ4v) is 2.04. The average Bonchev–Trinajstić information content (AvgIpc) is 2.55. The molecule has 0 amide bonds. The molecule has 0 saturated heterocycles. The zero-order chi connectivity index (χ0) is 15.4. The number of aromatic carboxylic acids is 1. The third kappa shape index (κ3) is 3.09.